The van der Waals surface area contributed by atoms with Gasteiger partial charge in [-0.05, 0) is 61.1 Å². The molecule has 33 heavy (non-hydrogen) atoms. The van der Waals surface area contributed by atoms with Crippen LogP contribution in [0.2, 0.25) is 0 Å². The summed E-state index contributed by atoms with van der Waals surface area (Å²) in [5, 5.41) is 0. The van der Waals surface area contributed by atoms with Gasteiger partial charge in [-0.25, -0.2) is 9.78 Å². The third kappa shape index (κ3) is 3.49. The fourth-order valence-corrected chi connectivity index (χ4v) is 7.33. The van der Waals surface area contributed by atoms with Crippen molar-refractivity contribution in [3.63, 3.8) is 0 Å². The third-order valence-corrected chi connectivity index (χ3v) is 9.14. The molecule has 5 aliphatic rings. The summed E-state index contributed by atoms with van der Waals surface area (Å²) in [5.41, 5.74) is 3.06. The first-order valence-corrected chi connectivity index (χ1v) is 12.8. The van der Waals surface area contributed by atoms with E-state index in [0.717, 1.165) is 25.7 Å². The van der Waals surface area contributed by atoms with Crippen molar-refractivity contribution in [2.75, 3.05) is 0 Å². The molecule has 0 unspecified atom stereocenters. The largest absolute Gasteiger partial charge is 0.348 e. The molecule has 1 spiro atoms. The number of benzene rings is 2. The lowest BCUT2D eigenvalue weighted by atomic mass is 9.56. The van der Waals surface area contributed by atoms with Crippen molar-refractivity contribution < 1.29 is 19.2 Å². The van der Waals surface area contributed by atoms with Crippen LogP contribution in [-0.2, 0) is 25.9 Å². The summed E-state index contributed by atoms with van der Waals surface area (Å²) in [6.45, 7) is 7.41. The van der Waals surface area contributed by atoms with Crippen LogP contribution in [0.3, 0.4) is 0 Å². The van der Waals surface area contributed by atoms with E-state index in [4.69, 9.17) is 19.2 Å². The predicted molar refractivity (Wildman–Crippen MR) is 127 cm³/mol. The van der Waals surface area contributed by atoms with E-state index in [1.165, 1.54) is 23.1 Å². The van der Waals surface area contributed by atoms with Crippen LogP contribution in [0.4, 0.5) is 0 Å². The molecule has 3 aliphatic heterocycles. The van der Waals surface area contributed by atoms with Gasteiger partial charge in [0, 0.05) is 18.3 Å². The first-order valence-electron chi connectivity index (χ1n) is 12.8. The van der Waals surface area contributed by atoms with Gasteiger partial charge in [-0.1, -0.05) is 68.4 Å². The zero-order chi connectivity index (χ0) is 22.6. The predicted octanol–water partition coefficient (Wildman–Crippen LogP) is 6.54. The van der Waals surface area contributed by atoms with Crippen LogP contribution >= 0.6 is 0 Å². The second-order valence-electron chi connectivity index (χ2n) is 11.2. The minimum Gasteiger partial charge on any atom is -0.348 e. The second-order valence-corrected chi connectivity index (χ2v) is 11.2. The van der Waals surface area contributed by atoms with Crippen LogP contribution in [-0.4, -0.2) is 23.6 Å². The Morgan fingerprint density at radius 3 is 2.55 bits per heavy atom. The molecule has 0 aromatic heterocycles. The molecule has 176 valence electrons. The lowest BCUT2D eigenvalue weighted by molar-refractivity contribution is -0.496. The van der Waals surface area contributed by atoms with Crippen molar-refractivity contribution in [2.45, 2.75) is 83.1 Å². The molecule has 2 bridgehead atoms. The van der Waals surface area contributed by atoms with Gasteiger partial charge in [-0.15, -0.1) is 0 Å². The highest BCUT2D eigenvalue weighted by molar-refractivity contribution is 5.67. The maximum absolute atomic E-state index is 6.80. The fraction of sp³-hybridized carbons (Fsp3) is 0.586. The standard InChI is InChI=1S/C29H36O4/c1-19-13-14-25-20(2)27(31-26-17-28(3)16-15-24(19)29(25,26)33-32-28)30-18-22-11-7-8-12-23(22)21-9-5-4-6-10-21/h4-12,19-20,24-27H,13-18H2,1-3H3/t19-,20-,24+,25+,26-,27+,28+,29-/m1/s1. The molecule has 4 heteroatoms. The Morgan fingerprint density at radius 2 is 1.70 bits per heavy atom. The number of rotatable bonds is 4. The van der Waals surface area contributed by atoms with E-state index in [9.17, 15) is 0 Å². The Bertz CT molecular complexity index is 992. The van der Waals surface area contributed by atoms with E-state index in [1.807, 2.05) is 0 Å². The molecule has 2 aromatic carbocycles. The monoisotopic (exact) mass is 448 g/mol. The minimum atomic E-state index is -0.325. The summed E-state index contributed by atoms with van der Waals surface area (Å²) in [6.07, 6.45) is 5.30. The van der Waals surface area contributed by atoms with E-state index in [1.54, 1.807) is 0 Å². The summed E-state index contributed by atoms with van der Waals surface area (Å²) in [4.78, 5) is 12.5. The quantitative estimate of drug-likeness (QED) is 0.498. The normalized spacial score (nSPS) is 41.9. The summed E-state index contributed by atoms with van der Waals surface area (Å²) < 4.78 is 13.4. The number of hydrogen-bond acceptors (Lipinski definition) is 4. The summed E-state index contributed by atoms with van der Waals surface area (Å²) in [7, 11) is 0. The third-order valence-electron chi connectivity index (χ3n) is 9.14. The highest BCUT2D eigenvalue weighted by Gasteiger charge is 2.68. The lowest BCUT2D eigenvalue weighted by Gasteiger charge is -2.61. The molecule has 0 amide bonds. The number of hydrogen-bond donors (Lipinski definition) is 0. The van der Waals surface area contributed by atoms with Gasteiger partial charge >= 0.3 is 0 Å². The second kappa shape index (κ2) is 8.20. The van der Waals surface area contributed by atoms with Crippen LogP contribution in [0, 0.1) is 23.7 Å². The molecule has 8 atom stereocenters. The van der Waals surface area contributed by atoms with E-state index >= 15 is 0 Å². The Morgan fingerprint density at radius 1 is 0.909 bits per heavy atom. The zero-order valence-corrected chi connectivity index (χ0v) is 20.0. The van der Waals surface area contributed by atoms with Gasteiger partial charge in [0.05, 0.1) is 12.7 Å². The van der Waals surface area contributed by atoms with Gasteiger partial charge in [0.25, 0.3) is 0 Å². The molecule has 4 nitrogen and oxygen atoms in total. The van der Waals surface area contributed by atoms with Crippen molar-refractivity contribution in [1.82, 2.24) is 0 Å². The van der Waals surface area contributed by atoms with Crippen LogP contribution < -0.4 is 0 Å². The maximum Gasteiger partial charge on any atom is 0.161 e. The van der Waals surface area contributed by atoms with Gasteiger partial charge in [0.1, 0.15) is 11.2 Å². The van der Waals surface area contributed by atoms with E-state index < -0.39 is 0 Å². The molecule has 3 heterocycles. The van der Waals surface area contributed by atoms with Crippen molar-refractivity contribution in [1.29, 1.82) is 0 Å². The molecule has 0 radical (unpaired) electrons. The Balaban J connectivity index is 1.27. The van der Waals surface area contributed by atoms with Gasteiger partial charge in [0.15, 0.2) is 6.29 Å². The van der Waals surface area contributed by atoms with E-state index in [2.05, 4.69) is 75.4 Å². The van der Waals surface area contributed by atoms with Gasteiger partial charge in [0.2, 0.25) is 0 Å². The molecule has 2 aromatic rings. The van der Waals surface area contributed by atoms with Crippen LogP contribution in [0.1, 0.15) is 58.4 Å². The van der Waals surface area contributed by atoms with Crippen LogP contribution in [0.15, 0.2) is 54.6 Å². The zero-order valence-electron chi connectivity index (χ0n) is 20.0. The van der Waals surface area contributed by atoms with Gasteiger partial charge in [-0.3, -0.25) is 0 Å². The lowest BCUT2D eigenvalue weighted by Crippen LogP contribution is -2.69. The van der Waals surface area contributed by atoms with Gasteiger partial charge in [-0.2, -0.15) is 0 Å². The van der Waals surface area contributed by atoms with E-state index in [-0.39, 0.29) is 29.5 Å². The molecule has 2 saturated carbocycles. The number of fused-ring (bicyclic) bond motifs is 2. The van der Waals surface area contributed by atoms with Crippen molar-refractivity contribution in [3.05, 3.63) is 60.2 Å². The topological polar surface area (TPSA) is 36.9 Å². The first kappa shape index (κ1) is 21.8. The molecular formula is C29H36O4. The Labute approximate surface area is 197 Å². The van der Waals surface area contributed by atoms with Crippen LogP contribution in [0.25, 0.3) is 11.1 Å². The SMILES string of the molecule is C[C@H]1[C@@H](OCc2ccccc2-c2ccccc2)O[C@@H]2C[C@]3(C)CC[C@H]4[C@H](C)CC[C@@H]1[C@@]24OO3. The van der Waals surface area contributed by atoms with Crippen molar-refractivity contribution >= 4 is 0 Å². The van der Waals surface area contributed by atoms with Crippen molar-refractivity contribution in [2.24, 2.45) is 23.7 Å². The minimum absolute atomic E-state index is 0.0297. The highest BCUT2D eigenvalue weighted by Crippen LogP contribution is 2.61. The fourth-order valence-electron chi connectivity index (χ4n) is 7.33. The molecular weight excluding hydrogens is 412 g/mol. The first-order chi connectivity index (χ1) is 16.0. The number of ether oxygens (including phenoxy) is 2. The maximum atomic E-state index is 6.80. The average molecular weight is 449 g/mol. The Hall–Kier alpha value is -1.72. The molecule has 3 saturated heterocycles. The Kier molecular flexibility index (Phi) is 5.41. The van der Waals surface area contributed by atoms with Gasteiger partial charge < -0.3 is 9.47 Å². The smallest absolute Gasteiger partial charge is 0.161 e. The summed E-state index contributed by atoms with van der Waals surface area (Å²) in [5.74, 6) is 1.78. The van der Waals surface area contributed by atoms with E-state index in [0.29, 0.717) is 24.4 Å². The van der Waals surface area contributed by atoms with Crippen LogP contribution in [0.5, 0.6) is 0 Å². The molecule has 5 fully saturated rings. The summed E-state index contributed by atoms with van der Waals surface area (Å²) >= 11 is 0. The highest BCUT2D eigenvalue weighted by atomic mass is 17.2. The molecule has 2 aliphatic carbocycles. The average Bonchev–Trinajstić information content (AvgIpc) is 3.07. The molecule has 0 N–H and O–H groups in total. The molecule has 7 rings (SSSR count). The summed E-state index contributed by atoms with van der Waals surface area (Å²) in [6, 6.07) is 19.1. The van der Waals surface area contributed by atoms with Crippen molar-refractivity contribution in [3.8, 4) is 11.1 Å².